The second kappa shape index (κ2) is 6.58. The van der Waals surface area contributed by atoms with Gasteiger partial charge in [0.05, 0.1) is 5.52 Å². The first-order chi connectivity index (χ1) is 11.9. The summed E-state index contributed by atoms with van der Waals surface area (Å²) in [5, 5.41) is 4.58. The van der Waals surface area contributed by atoms with Crippen LogP contribution >= 0.6 is 0 Å². The van der Waals surface area contributed by atoms with Crippen molar-refractivity contribution in [1.29, 1.82) is 0 Å². The molecule has 3 aromatic rings. The molecule has 0 fully saturated rings. The fourth-order valence-corrected chi connectivity index (χ4v) is 2.62. The minimum atomic E-state index is -2.89. The molecular formula is C18H17F2N3O2. The molecule has 0 aliphatic carbocycles. The third kappa shape index (κ3) is 3.35. The number of pyridine rings is 1. The third-order valence-corrected chi connectivity index (χ3v) is 3.77. The van der Waals surface area contributed by atoms with E-state index in [4.69, 9.17) is 0 Å². The van der Waals surface area contributed by atoms with Gasteiger partial charge in [-0.25, -0.2) is 0 Å². The number of hydrogen-bond donors (Lipinski definition) is 0. The van der Waals surface area contributed by atoms with Crippen molar-refractivity contribution < 1.29 is 18.3 Å². The molecule has 0 amide bonds. The van der Waals surface area contributed by atoms with E-state index in [1.54, 1.807) is 22.9 Å². The Bertz CT molecular complexity index is 935. The van der Waals surface area contributed by atoms with E-state index in [1.165, 1.54) is 25.3 Å². The average molecular weight is 345 g/mol. The summed E-state index contributed by atoms with van der Waals surface area (Å²) in [6.45, 7) is 2.52. The second-order valence-electron chi connectivity index (χ2n) is 5.94. The number of carbonyl (C=O) groups excluding carboxylic acids is 1. The minimum absolute atomic E-state index is 0.0424. The van der Waals surface area contributed by atoms with Gasteiger partial charge in [0.15, 0.2) is 5.78 Å². The number of hydrogen-bond acceptors (Lipinski definition) is 4. The number of ether oxygens (including phenoxy) is 1. The Morgan fingerprint density at radius 2 is 2.00 bits per heavy atom. The molecule has 0 unspecified atom stereocenters. The van der Waals surface area contributed by atoms with Crippen LogP contribution in [0.1, 0.15) is 37.2 Å². The molecule has 1 aromatic carbocycles. The van der Waals surface area contributed by atoms with Crippen LogP contribution in [0.3, 0.4) is 0 Å². The zero-order chi connectivity index (χ0) is 18.1. The Balaban J connectivity index is 2.18. The van der Waals surface area contributed by atoms with E-state index in [1.807, 2.05) is 13.8 Å². The fraction of sp³-hybridized carbons (Fsp3) is 0.278. The highest BCUT2D eigenvalue weighted by Gasteiger charge is 2.17. The second-order valence-corrected chi connectivity index (χ2v) is 5.94. The molecule has 130 valence electrons. The number of nitrogens with zero attached hydrogens (tertiary/aromatic N) is 3. The number of fused-ring (bicyclic) bond motifs is 1. The number of carbonyl (C=O) groups is 1. The highest BCUT2D eigenvalue weighted by Crippen LogP contribution is 2.31. The van der Waals surface area contributed by atoms with Crippen molar-refractivity contribution in [1.82, 2.24) is 14.8 Å². The Morgan fingerprint density at radius 1 is 1.24 bits per heavy atom. The molecule has 0 radical (unpaired) electrons. The lowest BCUT2D eigenvalue weighted by molar-refractivity contribution is -0.0498. The van der Waals surface area contributed by atoms with Crippen molar-refractivity contribution in [2.75, 3.05) is 0 Å². The van der Waals surface area contributed by atoms with Crippen LogP contribution in [0.15, 0.2) is 36.5 Å². The van der Waals surface area contributed by atoms with Gasteiger partial charge in [-0.1, -0.05) is 12.1 Å². The average Bonchev–Trinajstić information content (AvgIpc) is 2.93. The van der Waals surface area contributed by atoms with Crippen LogP contribution in [-0.4, -0.2) is 27.2 Å². The molecule has 0 aliphatic heterocycles. The van der Waals surface area contributed by atoms with E-state index in [-0.39, 0.29) is 17.6 Å². The fourth-order valence-electron chi connectivity index (χ4n) is 2.62. The van der Waals surface area contributed by atoms with Gasteiger partial charge in [0.1, 0.15) is 17.0 Å². The van der Waals surface area contributed by atoms with Gasteiger partial charge >= 0.3 is 6.61 Å². The van der Waals surface area contributed by atoms with Crippen molar-refractivity contribution in [3.63, 3.8) is 0 Å². The first-order valence-corrected chi connectivity index (χ1v) is 7.81. The molecule has 0 spiro atoms. The molecule has 5 nitrogen and oxygen atoms in total. The lowest BCUT2D eigenvalue weighted by Crippen LogP contribution is -2.03. The number of alkyl halides is 2. The number of Topliss-reactive ketones (excluding diaryl/α,β-unsaturated/α-hetero) is 1. The van der Waals surface area contributed by atoms with Crippen LogP contribution in [0.5, 0.6) is 5.75 Å². The van der Waals surface area contributed by atoms with Gasteiger partial charge in [-0.2, -0.15) is 13.9 Å². The zero-order valence-corrected chi connectivity index (χ0v) is 14.0. The number of ketones is 1. The quantitative estimate of drug-likeness (QED) is 0.640. The largest absolute Gasteiger partial charge is 0.435 e. The summed E-state index contributed by atoms with van der Waals surface area (Å²) in [5.74, 6) is -0.0279. The Hall–Kier alpha value is -2.83. The molecule has 0 saturated heterocycles. The van der Waals surface area contributed by atoms with Gasteiger partial charge in [-0.05, 0) is 39.0 Å². The maximum atomic E-state index is 12.5. The van der Waals surface area contributed by atoms with Gasteiger partial charge in [-0.15, -0.1) is 0 Å². The summed E-state index contributed by atoms with van der Waals surface area (Å²) >= 11 is 0. The molecule has 0 N–H and O–H groups in total. The monoisotopic (exact) mass is 345 g/mol. The lowest BCUT2D eigenvalue weighted by Gasteiger charge is -2.07. The van der Waals surface area contributed by atoms with E-state index in [0.29, 0.717) is 22.3 Å². The standard InChI is InChI=1S/C18H17F2N3O2/c1-10(2)23-15-8-13(11(3)24)9-21-17(15)16(22-23)12-5-4-6-14(7-12)25-18(19)20/h4-10,18H,1-3H3. The van der Waals surface area contributed by atoms with Crippen LogP contribution in [0.4, 0.5) is 8.78 Å². The summed E-state index contributed by atoms with van der Waals surface area (Å²) < 4.78 is 31.1. The summed E-state index contributed by atoms with van der Waals surface area (Å²) in [7, 11) is 0. The van der Waals surface area contributed by atoms with Crippen molar-refractivity contribution in [2.45, 2.75) is 33.4 Å². The molecule has 0 aliphatic rings. The Labute approximate surface area is 143 Å². The number of halogens is 2. The van der Waals surface area contributed by atoms with Gasteiger partial charge in [0.25, 0.3) is 0 Å². The number of rotatable bonds is 5. The highest BCUT2D eigenvalue weighted by molar-refractivity contribution is 5.99. The van der Waals surface area contributed by atoms with E-state index in [9.17, 15) is 13.6 Å². The number of aromatic nitrogens is 3. The molecular weight excluding hydrogens is 328 g/mol. The first-order valence-electron chi connectivity index (χ1n) is 7.81. The van der Waals surface area contributed by atoms with E-state index >= 15 is 0 Å². The summed E-state index contributed by atoms with van der Waals surface area (Å²) in [6, 6.07) is 8.13. The Morgan fingerprint density at radius 3 is 2.64 bits per heavy atom. The lowest BCUT2D eigenvalue weighted by atomic mass is 10.1. The molecule has 25 heavy (non-hydrogen) atoms. The molecule has 7 heteroatoms. The van der Waals surface area contributed by atoms with Gasteiger partial charge in [-0.3, -0.25) is 14.5 Å². The predicted molar refractivity (Wildman–Crippen MR) is 90.0 cm³/mol. The molecule has 2 heterocycles. The van der Waals surface area contributed by atoms with Crippen molar-refractivity contribution in [3.05, 3.63) is 42.1 Å². The first kappa shape index (κ1) is 17.0. The maximum absolute atomic E-state index is 12.5. The van der Waals surface area contributed by atoms with E-state index < -0.39 is 6.61 Å². The van der Waals surface area contributed by atoms with Crippen LogP contribution in [-0.2, 0) is 0 Å². The highest BCUT2D eigenvalue weighted by atomic mass is 19.3. The number of benzene rings is 1. The summed E-state index contributed by atoms with van der Waals surface area (Å²) in [5.41, 5.74) is 2.99. The minimum Gasteiger partial charge on any atom is -0.435 e. The van der Waals surface area contributed by atoms with Gasteiger partial charge in [0.2, 0.25) is 0 Å². The molecule has 3 rings (SSSR count). The topological polar surface area (TPSA) is 57.0 Å². The van der Waals surface area contributed by atoms with Crippen LogP contribution in [0, 0.1) is 0 Å². The van der Waals surface area contributed by atoms with Crippen molar-refractivity contribution in [3.8, 4) is 17.0 Å². The summed E-state index contributed by atoms with van der Waals surface area (Å²) in [4.78, 5) is 16.0. The SMILES string of the molecule is CC(=O)c1cnc2c(-c3cccc(OC(F)F)c3)nn(C(C)C)c2c1. The molecule has 0 bridgehead atoms. The van der Waals surface area contributed by atoms with Crippen molar-refractivity contribution in [2.24, 2.45) is 0 Å². The normalized spacial score (nSPS) is 11.5. The van der Waals surface area contributed by atoms with E-state index in [0.717, 1.165) is 5.52 Å². The molecule has 0 saturated carbocycles. The maximum Gasteiger partial charge on any atom is 0.387 e. The van der Waals surface area contributed by atoms with Crippen LogP contribution in [0.2, 0.25) is 0 Å². The smallest absolute Gasteiger partial charge is 0.387 e. The van der Waals surface area contributed by atoms with Gasteiger partial charge in [0, 0.05) is 23.4 Å². The third-order valence-electron chi connectivity index (χ3n) is 3.77. The van der Waals surface area contributed by atoms with Crippen LogP contribution in [0.25, 0.3) is 22.3 Å². The zero-order valence-electron chi connectivity index (χ0n) is 14.0. The summed E-state index contributed by atoms with van der Waals surface area (Å²) in [6.07, 6.45) is 1.50. The van der Waals surface area contributed by atoms with Crippen molar-refractivity contribution >= 4 is 16.8 Å². The molecule has 0 atom stereocenters. The van der Waals surface area contributed by atoms with Gasteiger partial charge < -0.3 is 4.74 Å². The predicted octanol–water partition coefficient (Wildman–Crippen LogP) is 4.48. The van der Waals surface area contributed by atoms with E-state index in [2.05, 4.69) is 14.8 Å². The van der Waals surface area contributed by atoms with Crippen LogP contribution < -0.4 is 4.74 Å². The Kier molecular flexibility index (Phi) is 4.48. The molecule has 2 aromatic heterocycles.